The summed E-state index contributed by atoms with van der Waals surface area (Å²) in [5, 5.41) is 0.230. The van der Waals surface area contributed by atoms with Crippen molar-refractivity contribution < 1.29 is 32.6 Å². The summed E-state index contributed by atoms with van der Waals surface area (Å²) < 4.78 is 43.6. The van der Waals surface area contributed by atoms with Gasteiger partial charge < -0.3 is 18.6 Å². The maximum Gasteiger partial charge on any atom is 0.387 e. The Hall–Kier alpha value is -2.72. The number of rotatable bonds is 9. The van der Waals surface area contributed by atoms with Crippen molar-refractivity contribution >= 4 is 45.1 Å². The van der Waals surface area contributed by atoms with Crippen LogP contribution >= 0.6 is 27.5 Å². The summed E-state index contributed by atoms with van der Waals surface area (Å²) in [5.74, 6) is -2.49. The molecular weight excluding hydrogens is 526 g/mol. The molecule has 3 aromatic rings. The molecule has 11 heteroatoms. The number of hydrogen-bond donors (Lipinski definition) is 0. The normalized spacial score (nSPS) is 12.1. The molecule has 3 rings (SSSR count). The van der Waals surface area contributed by atoms with Crippen LogP contribution < -0.4 is 4.74 Å². The van der Waals surface area contributed by atoms with E-state index in [0.29, 0.717) is 10.1 Å². The minimum atomic E-state index is -3.12. The van der Waals surface area contributed by atoms with E-state index in [1.807, 2.05) is 0 Å². The quantitative estimate of drug-likeness (QED) is 0.325. The van der Waals surface area contributed by atoms with Crippen molar-refractivity contribution in [2.45, 2.75) is 32.8 Å². The first-order valence-corrected chi connectivity index (χ1v) is 11.2. The van der Waals surface area contributed by atoms with E-state index in [0.717, 1.165) is 0 Å². The van der Waals surface area contributed by atoms with Crippen LogP contribution in [-0.4, -0.2) is 41.1 Å². The predicted octanol–water partition coefficient (Wildman–Crippen LogP) is 5.61. The van der Waals surface area contributed by atoms with Gasteiger partial charge in [0, 0.05) is 27.2 Å². The van der Waals surface area contributed by atoms with Crippen LogP contribution in [0.5, 0.6) is 5.75 Å². The maximum atomic E-state index is 13.2. The third kappa shape index (κ3) is 5.80. The van der Waals surface area contributed by atoms with Crippen LogP contribution in [0.15, 0.2) is 41.0 Å². The molecule has 0 radical (unpaired) electrons. The number of aromatic nitrogens is 2. The second kappa shape index (κ2) is 10.9. The van der Waals surface area contributed by atoms with Crippen molar-refractivity contribution in [2.24, 2.45) is 0 Å². The molecule has 33 heavy (non-hydrogen) atoms. The largest absolute Gasteiger partial charge is 0.466 e. The van der Waals surface area contributed by atoms with E-state index in [-0.39, 0.29) is 47.4 Å². The fraction of sp³-hybridized carbons (Fsp3) is 0.318. The zero-order valence-corrected chi connectivity index (χ0v) is 20.0. The first-order chi connectivity index (χ1) is 15.7. The lowest BCUT2D eigenvalue weighted by Crippen LogP contribution is -2.18. The van der Waals surface area contributed by atoms with E-state index in [2.05, 4.69) is 20.9 Å². The van der Waals surface area contributed by atoms with Gasteiger partial charge in [-0.2, -0.15) is 8.78 Å². The van der Waals surface area contributed by atoms with Gasteiger partial charge in [-0.05, 0) is 60.1 Å². The third-order valence-corrected chi connectivity index (χ3v) is 5.36. The smallest absolute Gasteiger partial charge is 0.387 e. The lowest BCUT2D eigenvalue weighted by Gasteiger charge is -2.21. The van der Waals surface area contributed by atoms with E-state index in [1.54, 1.807) is 36.6 Å². The average Bonchev–Trinajstić information content (AvgIpc) is 3.12. The lowest BCUT2D eigenvalue weighted by molar-refractivity contribution is -0.143. The molecule has 0 aliphatic heterocycles. The van der Waals surface area contributed by atoms with Crippen molar-refractivity contribution in [3.8, 4) is 5.75 Å². The highest BCUT2D eigenvalue weighted by molar-refractivity contribution is 9.10. The molecule has 7 nitrogen and oxygen atoms in total. The van der Waals surface area contributed by atoms with Crippen LogP contribution in [-0.2, 0) is 14.3 Å². The SMILES string of the molecule is CCOC(=O)CC(c1cc(Cl)ccc1OC(F)F)c1c(C(=O)OCC)nc2ccc(Br)cn12. The minimum Gasteiger partial charge on any atom is -0.466 e. The van der Waals surface area contributed by atoms with Crippen LogP contribution in [0.3, 0.4) is 0 Å². The van der Waals surface area contributed by atoms with E-state index >= 15 is 0 Å². The number of ether oxygens (including phenoxy) is 3. The van der Waals surface area contributed by atoms with Crippen molar-refractivity contribution in [3.05, 3.63) is 63.0 Å². The number of nitrogens with zero attached hydrogens (tertiary/aromatic N) is 2. The van der Waals surface area contributed by atoms with E-state index in [4.69, 9.17) is 25.8 Å². The average molecular weight is 546 g/mol. The van der Waals surface area contributed by atoms with Gasteiger partial charge in [0.05, 0.1) is 25.3 Å². The van der Waals surface area contributed by atoms with Gasteiger partial charge in [-0.15, -0.1) is 0 Å². The Morgan fingerprint density at radius 3 is 2.55 bits per heavy atom. The van der Waals surface area contributed by atoms with E-state index in [1.165, 1.54) is 18.2 Å². The summed E-state index contributed by atoms with van der Waals surface area (Å²) in [7, 11) is 0. The Morgan fingerprint density at radius 1 is 1.15 bits per heavy atom. The number of imidazole rings is 1. The molecule has 0 amide bonds. The molecule has 1 atom stereocenters. The van der Waals surface area contributed by atoms with Gasteiger partial charge in [0.15, 0.2) is 5.69 Å². The highest BCUT2D eigenvalue weighted by Crippen LogP contribution is 2.39. The number of alkyl halides is 2. The molecule has 2 aromatic heterocycles. The Kier molecular flexibility index (Phi) is 8.25. The molecule has 2 heterocycles. The summed E-state index contributed by atoms with van der Waals surface area (Å²) in [6.45, 7) is 0.382. The van der Waals surface area contributed by atoms with Crippen LogP contribution in [0, 0.1) is 0 Å². The van der Waals surface area contributed by atoms with Crippen molar-refractivity contribution in [3.63, 3.8) is 0 Å². The summed E-state index contributed by atoms with van der Waals surface area (Å²) >= 11 is 9.55. The highest BCUT2D eigenvalue weighted by Gasteiger charge is 2.32. The molecule has 0 bridgehead atoms. The van der Waals surface area contributed by atoms with Gasteiger partial charge in [0.2, 0.25) is 0 Å². The zero-order chi connectivity index (χ0) is 24.1. The van der Waals surface area contributed by atoms with Crippen molar-refractivity contribution in [1.82, 2.24) is 9.38 Å². The number of halogens is 4. The monoisotopic (exact) mass is 544 g/mol. The van der Waals surface area contributed by atoms with Crippen molar-refractivity contribution in [2.75, 3.05) is 13.2 Å². The van der Waals surface area contributed by atoms with Crippen LogP contribution in [0.25, 0.3) is 5.65 Å². The van der Waals surface area contributed by atoms with Gasteiger partial charge in [-0.1, -0.05) is 11.6 Å². The summed E-state index contributed by atoms with van der Waals surface area (Å²) in [5.41, 5.74) is 0.748. The number of carbonyl (C=O) groups is 2. The number of fused-ring (bicyclic) bond motifs is 1. The van der Waals surface area contributed by atoms with Crippen LogP contribution in [0.2, 0.25) is 5.02 Å². The molecule has 176 valence electrons. The Bertz CT molecular complexity index is 1170. The highest BCUT2D eigenvalue weighted by atomic mass is 79.9. The Morgan fingerprint density at radius 2 is 1.88 bits per heavy atom. The summed E-state index contributed by atoms with van der Waals surface area (Å²) in [6.07, 6.45) is 1.36. The molecule has 0 aliphatic rings. The molecule has 0 saturated heterocycles. The van der Waals surface area contributed by atoms with Gasteiger partial charge in [0.1, 0.15) is 11.4 Å². The van der Waals surface area contributed by atoms with Gasteiger partial charge in [-0.3, -0.25) is 4.79 Å². The van der Waals surface area contributed by atoms with Gasteiger partial charge >= 0.3 is 18.6 Å². The first kappa shape index (κ1) is 24.9. The maximum absolute atomic E-state index is 13.2. The fourth-order valence-corrected chi connectivity index (χ4v) is 3.97. The zero-order valence-electron chi connectivity index (χ0n) is 17.7. The lowest BCUT2D eigenvalue weighted by atomic mass is 9.90. The Balaban J connectivity index is 2.31. The molecule has 0 aliphatic carbocycles. The molecule has 0 N–H and O–H groups in total. The first-order valence-electron chi connectivity index (χ1n) is 9.99. The summed E-state index contributed by atoms with van der Waals surface area (Å²) in [6, 6.07) is 7.47. The minimum absolute atomic E-state index is 0.0628. The summed E-state index contributed by atoms with van der Waals surface area (Å²) in [4.78, 5) is 29.7. The number of carbonyl (C=O) groups excluding carboxylic acids is 2. The standard InChI is InChI=1S/C22H20BrClF2N2O5/c1-3-31-18(29)10-15(14-9-13(24)6-7-16(14)33-22(25)26)20-19(21(30)32-4-2)27-17-8-5-12(23)11-28(17)20/h5-9,11,15,22H,3-4,10H2,1-2H3. The molecule has 0 fully saturated rings. The Labute approximate surface area is 201 Å². The number of pyridine rings is 1. The fourth-order valence-electron chi connectivity index (χ4n) is 3.45. The number of hydrogen-bond acceptors (Lipinski definition) is 6. The second-order valence-corrected chi connectivity index (χ2v) is 8.12. The molecular formula is C22H20BrClF2N2O5. The van der Waals surface area contributed by atoms with Crippen LogP contribution in [0.1, 0.15) is 47.9 Å². The van der Waals surface area contributed by atoms with E-state index < -0.39 is 24.5 Å². The number of esters is 2. The number of benzene rings is 1. The second-order valence-electron chi connectivity index (χ2n) is 6.76. The molecule has 0 spiro atoms. The molecule has 0 saturated carbocycles. The third-order valence-electron chi connectivity index (χ3n) is 4.66. The van der Waals surface area contributed by atoms with Gasteiger partial charge in [0.25, 0.3) is 0 Å². The van der Waals surface area contributed by atoms with Crippen molar-refractivity contribution in [1.29, 1.82) is 0 Å². The van der Waals surface area contributed by atoms with Gasteiger partial charge in [-0.25, -0.2) is 9.78 Å². The topological polar surface area (TPSA) is 79.1 Å². The van der Waals surface area contributed by atoms with E-state index in [9.17, 15) is 18.4 Å². The van der Waals surface area contributed by atoms with Crippen LogP contribution in [0.4, 0.5) is 8.78 Å². The molecule has 1 unspecified atom stereocenters. The molecule has 1 aromatic carbocycles. The predicted molar refractivity (Wildman–Crippen MR) is 120 cm³/mol.